The Hall–Kier alpha value is -3.03. The fraction of sp³-hybridized carbons (Fsp3) is 0.167. The van der Waals surface area contributed by atoms with Crippen molar-refractivity contribution in [1.29, 1.82) is 0 Å². The standard InChI is InChI=1S/C24H17Cl2F3N2O2/c1-14-22(32)30(13-15-9-10-18(25)19(26)11-15)20-7-2-3-8-21(20)31(14)23(33)16-5-4-6-17(12-16)24(27,28)29/h2-12,14H,13H2,1H3/t14-/m1/s1. The summed E-state index contributed by atoms with van der Waals surface area (Å²) in [6.45, 7) is 1.73. The summed E-state index contributed by atoms with van der Waals surface area (Å²) in [5.74, 6) is -1.07. The summed E-state index contributed by atoms with van der Waals surface area (Å²) in [7, 11) is 0. The van der Waals surface area contributed by atoms with E-state index in [1.165, 1.54) is 21.9 Å². The number of hydrogen-bond donors (Lipinski definition) is 0. The third-order valence-electron chi connectivity index (χ3n) is 5.42. The maximum Gasteiger partial charge on any atom is 0.416 e. The molecule has 3 aromatic carbocycles. The van der Waals surface area contributed by atoms with E-state index < -0.39 is 23.7 Å². The number of carbonyl (C=O) groups excluding carboxylic acids is 2. The Bertz CT molecular complexity index is 1250. The molecule has 3 aromatic rings. The van der Waals surface area contributed by atoms with E-state index in [1.807, 2.05) is 0 Å². The largest absolute Gasteiger partial charge is 0.416 e. The molecule has 0 aliphatic carbocycles. The third kappa shape index (κ3) is 4.43. The average Bonchev–Trinajstić information content (AvgIpc) is 2.78. The van der Waals surface area contributed by atoms with Crippen LogP contribution in [0.25, 0.3) is 0 Å². The first kappa shape index (κ1) is 23.1. The lowest BCUT2D eigenvalue weighted by Crippen LogP contribution is -2.54. The molecule has 1 heterocycles. The van der Waals surface area contributed by atoms with Crippen molar-refractivity contribution in [2.45, 2.75) is 25.7 Å². The van der Waals surface area contributed by atoms with Gasteiger partial charge in [-0.25, -0.2) is 0 Å². The number of hydrogen-bond acceptors (Lipinski definition) is 2. The molecule has 1 aliphatic rings. The van der Waals surface area contributed by atoms with Gasteiger partial charge in [0, 0.05) is 5.56 Å². The molecule has 4 rings (SSSR count). The Kier molecular flexibility index (Phi) is 6.12. The van der Waals surface area contributed by atoms with Crippen LogP contribution < -0.4 is 9.80 Å². The van der Waals surface area contributed by atoms with Crippen LogP contribution in [-0.2, 0) is 17.5 Å². The minimum atomic E-state index is -4.59. The molecule has 0 radical (unpaired) electrons. The highest BCUT2D eigenvalue weighted by molar-refractivity contribution is 6.42. The topological polar surface area (TPSA) is 40.6 Å². The lowest BCUT2D eigenvalue weighted by Gasteiger charge is -2.40. The molecule has 0 fully saturated rings. The van der Waals surface area contributed by atoms with E-state index in [0.717, 1.165) is 17.7 Å². The summed E-state index contributed by atoms with van der Waals surface area (Å²) in [5.41, 5.74) is 0.535. The molecule has 0 aromatic heterocycles. The summed E-state index contributed by atoms with van der Waals surface area (Å²) in [4.78, 5) is 29.4. The highest BCUT2D eigenvalue weighted by atomic mass is 35.5. The number of benzene rings is 3. The molecule has 0 spiro atoms. The number of alkyl halides is 3. The van der Waals surface area contributed by atoms with Crippen LogP contribution in [-0.4, -0.2) is 17.9 Å². The monoisotopic (exact) mass is 492 g/mol. The molecule has 1 atom stereocenters. The Labute approximate surface area is 198 Å². The molecule has 0 unspecified atom stereocenters. The number of halogens is 5. The van der Waals surface area contributed by atoms with Gasteiger partial charge in [-0.3, -0.25) is 14.5 Å². The van der Waals surface area contributed by atoms with Gasteiger partial charge in [0.15, 0.2) is 0 Å². The summed E-state index contributed by atoms with van der Waals surface area (Å²) in [6.07, 6.45) is -4.59. The molecule has 0 bridgehead atoms. The fourth-order valence-electron chi connectivity index (χ4n) is 3.80. The average molecular weight is 493 g/mol. The quantitative estimate of drug-likeness (QED) is 0.413. The van der Waals surface area contributed by atoms with E-state index in [1.54, 1.807) is 49.4 Å². The normalized spacial score (nSPS) is 16.1. The molecule has 4 nitrogen and oxygen atoms in total. The van der Waals surface area contributed by atoms with Crippen molar-refractivity contribution in [3.05, 3.63) is 93.5 Å². The first-order chi connectivity index (χ1) is 15.6. The zero-order valence-corrected chi connectivity index (χ0v) is 18.7. The van der Waals surface area contributed by atoms with Crippen LogP contribution in [0.4, 0.5) is 24.5 Å². The van der Waals surface area contributed by atoms with Crippen LogP contribution >= 0.6 is 23.2 Å². The molecule has 9 heteroatoms. The van der Waals surface area contributed by atoms with Gasteiger partial charge in [0.1, 0.15) is 6.04 Å². The van der Waals surface area contributed by atoms with Crippen molar-refractivity contribution < 1.29 is 22.8 Å². The summed E-state index contributed by atoms with van der Waals surface area (Å²) in [5, 5.41) is 0.735. The first-order valence-electron chi connectivity index (χ1n) is 9.93. The van der Waals surface area contributed by atoms with Crippen molar-refractivity contribution in [2.24, 2.45) is 0 Å². The van der Waals surface area contributed by atoms with Crippen LogP contribution in [0.3, 0.4) is 0 Å². The summed E-state index contributed by atoms with van der Waals surface area (Å²) < 4.78 is 39.5. The number of nitrogens with zero attached hydrogens (tertiary/aromatic N) is 2. The van der Waals surface area contributed by atoms with Gasteiger partial charge in [-0.05, 0) is 55.0 Å². The highest BCUT2D eigenvalue weighted by Crippen LogP contribution is 2.38. The van der Waals surface area contributed by atoms with Gasteiger partial charge in [0.25, 0.3) is 5.91 Å². The number of amides is 2. The van der Waals surface area contributed by atoms with E-state index in [4.69, 9.17) is 23.2 Å². The minimum Gasteiger partial charge on any atom is -0.304 e. The molecule has 0 N–H and O–H groups in total. The van der Waals surface area contributed by atoms with Crippen LogP contribution in [0.5, 0.6) is 0 Å². The van der Waals surface area contributed by atoms with Crippen molar-refractivity contribution in [3.8, 4) is 0 Å². The molecule has 0 saturated heterocycles. The smallest absolute Gasteiger partial charge is 0.304 e. The predicted octanol–water partition coefficient (Wildman–Crippen LogP) is 6.59. The Morgan fingerprint density at radius 3 is 2.30 bits per heavy atom. The fourth-order valence-corrected chi connectivity index (χ4v) is 4.12. The second-order valence-electron chi connectivity index (χ2n) is 7.59. The lowest BCUT2D eigenvalue weighted by molar-refractivity contribution is -0.137. The van der Waals surface area contributed by atoms with Gasteiger partial charge in [-0.1, -0.05) is 47.5 Å². The molecule has 0 saturated carbocycles. The maximum atomic E-state index is 13.3. The summed E-state index contributed by atoms with van der Waals surface area (Å²) in [6, 6.07) is 15.0. The number of fused-ring (bicyclic) bond motifs is 1. The van der Waals surface area contributed by atoms with Crippen molar-refractivity contribution in [3.63, 3.8) is 0 Å². The second kappa shape index (κ2) is 8.72. The molecular weight excluding hydrogens is 476 g/mol. The molecule has 170 valence electrons. The lowest BCUT2D eigenvalue weighted by atomic mass is 10.0. The van der Waals surface area contributed by atoms with Gasteiger partial charge in [-0.15, -0.1) is 0 Å². The number of rotatable bonds is 3. The van der Waals surface area contributed by atoms with E-state index >= 15 is 0 Å². The van der Waals surface area contributed by atoms with Crippen molar-refractivity contribution >= 4 is 46.4 Å². The molecule has 2 amide bonds. The third-order valence-corrected chi connectivity index (χ3v) is 6.16. The van der Waals surface area contributed by atoms with Gasteiger partial charge in [-0.2, -0.15) is 13.2 Å². The number of carbonyl (C=O) groups is 2. The Balaban J connectivity index is 1.73. The van der Waals surface area contributed by atoms with Crippen molar-refractivity contribution in [2.75, 3.05) is 9.80 Å². The summed E-state index contributed by atoms with van der Waals surface area (Å²) >= 11 is 12.1. The van der Waals surface area contributed by atoms with E-state index in [-0.39, 0.29) is 18.0 Å². The van der Waals surface area contributed by atoms with Crippen molar-refractivity contribution in [1.82, 2.24) is 0 Å². The van der Waals surface area contributed by atoms with E-state index in [9.17, 15) is 22.8 Å². The zero-order chi connectivity index (χ0) is 23.9. The molecule has 1 aliphatic heterocycles. The SMILES string of the molecule is C[C@@H]1C(=O)N(Cc2ccc(Cl)c(Cl)c2)c2ccccc2N1C(=O)c1cccc(C(F)(F)F)c1. The number of para-hydroxylation sites is 2. The van der Waals surface area contributed by atoms with Crippen LogP contribution in [0.1, 0.15) is 28.4 Å². The van der Waals surface area contributed by atoms with Gasteiger partial charge >= 0.3 is 6.18 Å². The van der Waals surface area contributed by atoms with Crippen LogP contribution in [0.15, 0.2) is 66.7 Å². The maximum absolute atomic E-state index is 13.3. The van der Waals surface area contributed by atoms with Crippen LogP contribution in [0, 0.1) is 0 Å². The minimum absolute atomic E-state index is 0.155. The number of anilines is 2. The Morgan fingerprint density at radius 2 is 1.64 bits per heavy atom. The Morgan fingerprint density at radius 1 is 0.939 bits per heavy atom. The predicted molar refractivity (Wildman–Crippen MR) is 122 cm³/mol. The van der Waals surface area contributed by atoms with Gasteiger partial charge in [0.2, 0.25) is 5.91 Å². The van der Waals surface area contributed by atoms with E-state index in [2.05, 4.69) is 0 Å². The van der Waals surface area contributed by atoms with Gasteiger partial charge < -0.3 is 4.90 Å². The van der Waals surface area contributed by atoms with Crippen LogP contribution in [0.2, 0.25) is 10.0 Å². The molecule has 33 heavy (non-hydrogen) atoms. The zero-order valence-electron chi connectivity index (χ0n) is 17.2. The first-order valence-corrected chi connectivity index (χ1v) is 10.7. The second-order valence-corrected chi connectivity index (χ2v) is 8.41. The van der Waals surface area contributed by atoms with Gasteiger partial charge in [0.05, 0.1) is 33.5 Å². The van der Waals surface area contributed by atoms with E-state index in [0.29, 0.717) is 21.4 Å². The molecular formula is C24H17Cl2F3N2O2. The highest BCUT2D eigenvalue weighted by Gasteiger charge is 2.39.